The molecule has 6 nitrogen and oxygen atoms in total. The van der Waals surface area contributed by atoms with Crippen LogP contribution >= 0.6 is 0 Å². The van der Waals surface area contributed by atoms with Gasteiger partial charge >= 0.3 is 0 Å². The lowest BCUT2D eigenvalue weighted by atomic mass is 10.1. The quantitative estimate of drug-likeness (QED) is 0.690. The van der Waals surface area contributed by atoms with E-state index in [1.165, 1.54) is 29.3 Å². The number of hydrogen-bond donors (Lipinski definition) is 1. The molecule has 2 aromatic rings. The second kappa shape index (κ2) is 10.0. The average molecular weight is 428 g/mol. The molecule has 1 saturated heterocycles. The highest BCUT2D eigenvalue weighted by Crippen LogP contribution is 2.16. The number of rotatable bonds is 7. The molecule has 0 aliphatic carbocycles. The van der Waals surface area contributed by atoms with E-state index in [-0.39, 0.29) is 17.3 Å². The van der Waals surface area contributed by atoms with Crippen LogP contribution in [0.4, 0.5) is 0 Å². The summed E-state index contributed by atoms with van der Waals surface area (Å²) in [5, 5.41) is 0. The number of hydrogen-bond acceptors (Lipinski definition) is 4. The van der Waals surface area contributed by atoms with E-state index in [1.807, 2.05) is 11.0 Å². The van der Waals surface area contributed by atoms with Gasteiger partial charge < -0.3 is 4.90 Å². The zero-order valence-electron chi connectivity index (χ0n) is 17.4. The van der Waals surface area contributed by atoms with E-state index in [1.54, 1.807) is 12.1 Å². The predicted molar refractivity (Wildman–Crippen MR) is 119 cm³/mol. The van der Waals surface area contributed by atoms with Crippen LogP contribution in [0.25, 0.3) is 0 Å². The molecule has 0 saturated carbocycles. The molecule has 0 spiro atoms. The number of benzene rings is 2. The van der Waals surface area contributed by atoms with Gasteiger partial charge in [-0.05, 0) is 48.7 Å². The van der Waals surface area contributed by atoms with Gasteiger partial charge in [-0.3, -0.25) is 9.69 Å². The number of amides is 1. The SMILES string of the molecule is C=CCNS(=O)(=O)c1ccc(C(=O)N2CCCN(Cc3ccccc3C)CC2)cc1. The number of carbonyl (C=O) groups is 1. The molecule has 2 aromatic carbocycles. The lowest BCUT2D eigenvalue weighted by Gasteiger charge is -2.22. The third-order valence-electron chi connectivity index (χ3n) is 5.36. The Kier molecular flexibility index (Phi) is 7.42. The van der Waals surface area contributed by atoms with E-state index < -0.39 is 10.0 Å². The predicted octanol–water partition coefficient (Wildman–Crippen LogP) is 2.81. The van der Waals surface area contributed by atoms with Crippen LogP contribution in [0.3, 0.4) is 0 Å². The molecular formula is C23H29N3O3S. The van der Waals surface area contributed by atoms with Gasteiger partial charge in [-0.1, -0.05) is 30.3 Å². The summed E-state index contributed by atoms with van der Waals surface area (Å²) in [4.78, 5) is 17.3. The number of aryl methyl sites for hydroxylation is 1. The topological polar surface area (TPSA) is 69.7 Å². The lowest BCUT2D eigenvalue weighted by molar-refractivity contribution is 0.0761. The van der Waals surface area contributed by atoms with E-state index >= 15 is 0 Å². The maximum atomic E-state index is 12.9. The summed E-state index contributed by atoms with van der Waals surface area (Å²) >= 11 is 0. The van der Waals surface area contributed by atoms with E-state index in [4.69, 9.17) is 0 Å². The Hall–Kier alpha value is -2.48. The van der Waals surface area contributed by atoms with Crippen molar-refractivity contribution >= 4 is 15.9 Å². The fourth-order valence-corrected chi connectivity index (χ4v) is 4.57. The minimum atomic E-state index is -3.59. The highest BCUT2D eigenvalue weighted by Gasteiger charge is 2.21. The molecule has 7 heteroatoms. The molecule has 0 bridgehead atoms. The Labute approximate surface area is 179 Å². The summed E-state index contributed by atoms with van der Waals surface area (Å²) in [5.74, 6) is -0.0595. The van der Waals surface area contributed by atoms with Crippen molar-refractivity contribution in [1.82, 2.24) is 14.5 Å². The maximum Gasteiger partial charge on any atom is 0.253 e. The van der Waals surface area contributed by atoms with Crippen LogP contribution in [0.5, 0.6) is 0 Å². The maximum absolute atomic E-state index is 12.9. The fraction of sp³-hybridized carbons (Fsp3) is 0.348. The van der Waals surface area contributed by atoms with Gasteiger partial charge in [0.2, 0.25) is 10.0 Å². The molecule has 0 atom stereocenters. The molecule has 160 valence electrons. The van der Waals surface area contributed by atoms with Crippen molar-refractivity contribution in [3.8, 4) is 0 Å². The first-order valence-corrected chi connectivity index (χ1v) is 11.7. The Balaban J connectivity index is 1.62. The summed E-state index contributed by atoms with van der Waals surface area (Å²) in [7, 11) is -3.59. The molecule has 30 heavy (non-hydrogen) atoms. The fourth-order valence-electron chi connectivity index (χ4n) is 3.57. The third-order valence-corrected chi connectivity index (χ3v) is 6.80. The molecule has 1 N–H and O–H groups in total. The number of carbonyl (C=O) groups excluding carboxylic acids is 1. The first-order chi connectivity index (χ1) is 14.4. The van der Waals surface area contributed by atoms with Crippen LogP contribution < -0.4 is 4.72 Å². The van der Waals surface area contributed by atoms with Gasteiger partial charge in [-0.2, -0.15) is 0 Å². The van der Waals surface area contributed by atoms with Crippen LogP contribution in [0.2, 0.25) is 0 Å². The van der Waals surface area contributed by atoms with Gasteiger partial charge in [0.05, 0.1) is 4.90 Å². The zero-order valence-corrected chi connectivity index (χ0v) is 18.2. The van der Waals surface area contributed by atoms with Crippen LogP contribution in [0, 0.1) is 6.92 Å². The van der Waals surface area contributed by atoms with Crippen LogP contribution in [-0.4, -0.2) is 56.8 Å². The Morgan fingerprint density at radius 2 is 1.80 bits per heavy atom. The van der Waals surface area contributed by atoms with Crippen molar-refractivity contribution in [3.63, 3.8) is 0 Å². The van der Waals surface area contributed by atoms with Gasteiger partial charge in [0.25, 0.3) is 5.91 Å². The number of nitrogens with one attached hydrogen (secondary N) is 1. The number of nitrogens with zero attached hydrogens (tertiary/aromatic N) is 2. The van der Waals surface area contributed by atoms with Crippen molar-refractivity contribution in [2.24, 2.45) is 0 Å². The van der Waals surface area contributed by atoms with Crippen LogP contribution in [0.1, 0.15) is 27.9 Å². The summed E-state index contributed by atoms with van der Waals surface area (Å²) in [6.45, 7) is 9.80. The first-order valence-electron chi connectivity index (χ1n) is 10.2. The molecule has 1 aliphatic rings. The largest absolute Gasteiger partial charge is 0.337 e. The molecule has 3 rings (SSSR count). The molecule has 0 aromatic heterocycles. The second-order valence-electron chi connectivity index (χ2n) is 7.51. The highest BCUT2D eigenvalue weighted by atomic mass is 32.2. The number of sulfonamides is 1. The third kappa shape index (κ3) is 5.56. The van der Waals surface area contributed by atoms with Crippen molar-refractivity contribution in [1.29, 1.82) is 0 Å². The first kappa shape index (κ1) is 22.2. The van der Waals surface area contributed by atoms with E-state index in [9.17, 15) is 13.2 Å². The Morgan fingerprint density at radius 3 is 2.50 bits per heavy atom. The Morgan fingerprint density at radius 1 is 1.07 bits per heavy atom. The van der Waals surface area contributed by atoms with Gasteiger partial charge in [0.15, 0.2) is 0 Å². The molecule has 1 fully saturated rings. The van der Waals surface area contributed by atoms with Gasteiger partial charge in [-0.25, -0.2) is 13.1 Å². The van der Waals surface area contributed by atoms with Crippen molar-refractivity contribution < 1.29 is 13.2 Å². The highest BCUT2D eigenvalue weighted by molar-refractivity contribution is 7.89. The van der Waals surface area contributed by atoms with E-state index in [2.05, 4.69) is 41.3 Å². The average Bonchev–Trinajstić information content (AvgIpc) is 2.99. The standard InChI is InChI=1S/C23H29N3O3S/c1-3-13-24-30(28,29)22-11-9-20(10-12-22)23(27)26-15-6-14-25(16-17-26)18-21-8-5-4-7-19(21)2/h3-5,7-12,24H,1,6,13-18H2,2H3. The van der Waals surface area contributed by atoms with Crippen LogP contribution in [0.15, 0.2) is 66.1 Å². The van der Waals surface area contributed by atoms with E-state index in [0.29, 0.717) is 18.7 Å². The normalized spacial score (nSPS) is 15.6. The summed E-state index contributed by atoms with van der Waals surface area (Å²) in [6, 6.07) is 14.5. The van der Waals surface area contributed by atoms with Crippen molar-refractivity contribution in [2.75, 3.05) is 32.7 Å². The molecule has 1 aliphatic heterocycles. The van der Waals surface area contributed by atoms with Gasteiger partial charge in [-0.15, -0.1) is 6.58 Å². The molecule has 1 heterocycles. The van der Waals surface area contributed by atoms with Crippen molar-refractivity contribution in [2.45, 2.75) is 24.8 Å². The smallest absolute Gasteiger partial charge is 0.253 e. The minimum Gasteiger partial charge on any atom is -0.337 e. The molecular weight excluding hydrogens is 398 g/mol. The summed E-state index contributed by atoms with van der Waals surface area (Å²) in [6.07, 6.45) is 2.40. The molecule has 1 amide bonds. The second-order valence-corrected chi connectivity index (χ2v) is 9.28. The summed E-state index contributed by atoms with van der Waals surface area (Å²) < 4.78 is 26.8. The summed E-state index contributed by atoms with van der Waals surface area (Å²) in [5.41, 5.74) is 3.11. The van der Waals surface area contributed by atoms with E-state index in [0.717, 1.165) is 26.1 Å². The molecule has 0 unspecified atom stereocenters. The Bertz CT molecular complexity index is 987. The monoisotopic (exact) mass is 427 g/mol. The van der Waals surface area contributed by atoms with Gasteiger partial charge in [0, 0.05) is 44.8 Å². The van der Waals surface area contributed by atoms with Crippen molar-refractivity contribution in [3.05, 3.63) is 77.9 Å². The minimum absolute atomic E-state index is 0.0595. The molecule has 0 radical (unpaired) electrons. The zero-order chi connectivity index (χ0) is 21.6. The van der Waals surface area contributed by atoms with Gasteiger partial charge in [0.1, 0.15) is 0 Å². The lowest BCUT2D eigenvalue weighted by Crippen LogP contribution is -2.35. The van der Waals surface area contributed by atoms with Crippen LogP contribution in [-0.2, 0) is 16.6 Å².